The maximum absolute atomic E-state index is 12.9. The second kappa shape index (κ2) is 9.65. The van der Waals surface area contributed by atoms with E-state index in [9.17, 15) is 23.1 Å². The highest BCUT2D eigenvalue weighted by Gasteiger charge is 2.32. The van der Waals surface area contributed by atoms with Crippen LogP contribution in [0.15, 0.2) is 77.7 Å². The summed E-state index contributed by atoms with van der Waals surface area (Å²) in [4.78, 5) is 25.1. The Bertz CT molecular complexity index is 1220. The molecule has 0 saturated heterocycles. The summed E-state index contributed by atoms with van der Waals surface area (Å²) >= 11 is 0. The van der Waals surface area contributed by atoms with E-state index in [1.165, 1.54) is 30.3 Å². The Morgan fingerprint density at radius 3 is 2.19 bits per heavy atom. The minimum Gasteiger partial charge on any atom is -0.506 e. The molecule has 0 spiro atoms. The number of rotatable bonds is 7. The first-order valence-corrected chi connectivity index (χ1v) is 11.6. The molecular formula is C24H24N2O5S. The van der Waals surface area contributed by atoms with E-state index in [4.69, 9.17) is 0 Å². The molecule has 0 aromatic heterocycles. The molecule has 3 aromatic rings. The van der Waals surface area contributed by atoms with Gasteiger partial charge < -0.3 is 15.7 Å². The predicted octanol–water partition coefficient (Wildman–Crippen LogP) is 4.14. The zero-order valence-corrected chi connectivity index (χ0v) is 18.5. The van der Waals surface area contributed by atoms with Gasteiger partial charge in [0.15, 0.2) is 9.84 Å². The monoisotopic (exact) mass is 452 g/mol. The first-order chi connectivity index (χ1) is 15.2. The van der Waals surface area contributed by atoms with Gasteiger partial charge in [-0.3, -0.25) is 9.59 Å². The lowest BCUT2D eigenvalue weighted by molar-refractivity contribution is -0.115. The largest absolute Gasteiger partial charge is 0.506 e. The van der Waals surface area contributed by atoms with Crippen molar-refractivity contribution in [3.05, 3.63) is 83.9 Å². The molecule has 3 aromatic carbocycles. The average molecular weight is 453 g/mol. The summed E-state index contributed by atoms with van der Waals surface area (Å²) in [6.45, 7) is 3.47. The highest BCUT2D eigenvalue weighted by Crippen LogP contribution is 2.28. The van der Waals surface area contributed by atoms with Crippen molar-refractivity contribution in [3.8, 4) is 5.75 Å². The quantitative estimate of drug-likeness (QED) is 0.466. The van der Waals surface area contributed by atoms with Gasteiger partial charge in [-0.15, -0.1) is 0 Å². The highest BCUT2D eigenvalue weighted by atomic mass is 32.2. The summed E-state index contributed by atoms with van der Waals surface area (Å²) in [5, 5.41) is 14.1. The van der Waals surface area contributed by atoms with E-state index >= 15 is 0 Å². The Hall–Kier alpha value is -3.65. The molecule has 32 heavy (non-hydrogen) atoms. The van der Waals surface area contributed by atoms with Crippen LogP contribution in [-0.2, 0) is 14.6 Å². The Morgan fingerprint density at radius 2 is 1.59 bits per heavy atom. The number of nitrogens with one attached hydrogen (secondary N) is 2. The van der Waals surface area contributed by atoms with Crippen molar-refractivity contribution in [3.63, 3.8) is 0 Å². The summed E-state index contributed by atoms with van der Waals surface area (Å²) < 4.78 is 25.9. The van der Waals surface area contributed by atoms with Crippen molar-refractivity contribution in [1.82, 2.24) is 0 Å². The first-order valence-electron chi connectivity index (χ1n) is 10.0. The van der Waals surface area contributed by atoms with Crippen LogP contribution in [-0.4, -0.2) is 30.6 Å². The fourth-order valence-electron chi connectivity index (χ4n) is 3.16. The molecule has 1 atom stereocenters. The van der Waals surface area contributed by atoms with Crippen molar-refractivity contribution in [1.29, 1.82) is 0 Å². The van der Waals surface area contributed by atoms with Crippen LogP contribution in [0.25, 0.3) is 0 Å². The molecule has 0 saturated carbocycles. The van der Waals surface area contributed by atoms with Gasteiger partial charge in [0.2, 0.25) is 5.91 Å². The third-order valence-electron chi connectivity index (χ3n) is 4.94. The second-order valence-electron chi connectivity index (χ2n) is 7.30. The standard InChI is InChI=1S/C24H24N2O5S/c1-3-22(32(30,31)19-12-9-16(2)10-13-19)24(29)25-18-11-14-20(21(27)15-18)26-23(28)17-7-5-4-6-8-17/h4-15,22,27H,3H2,1-2H3,(H,25,29)(H,26,28). The van der Waals surface area contributed by atoms with Crippen LogP contribution < -0.4 is 10.6 Å². The van der Waals surface area contributed by atoms with Crippen LogP contribution in [0.2, 0.25) is 0 Å². The van der Waals surface area contributed by atoms with Crippen molar-refractivity contribution >= 4 is 33.0 Å². The molecule has 3 rings (SSSR count). The number of benzene rings is 3. The van der Waals surface area contributed by atoms with Gasteiger partial charge in [0.05, 0.1) is 10.6 Å². The van der Waals surface area contributed by atoms with E-state index < -0.39 is 26.9 Å². The molecule has 0 aliphatic carbocycles. The smallest absolute Gasteiger partial charge is 0.255 e. The number of aromatic hydroxyl groups is 1. The van der Waals surface area contributed by atoms with E-state index in [1.54, 1.807) is 49.4 Å². The van der Waals surface area contributed by atoms with Crippen LogP contribution in [0, 0.1) is 6.92 Å². The van der Waals surface area contributed by atoms with E-state index in [1.807, 2.05) is 6.92 Å². The van der Waals surface area contributed by atoms with Crippen LogP contribution in [0.1, 0.15) is 29.3 Å². The van der Waals surface area contributed by atoms with Gasteiger partial charge in [-0.05, 0) is 49.7 Å². The zero-order chi connectivity index (χ0) is 23.3. The molecule has 0 heterocycles. The maximum atomic E-state index is 12.9. The number of phenolic OH excluding ortho intramolecular Hbond substituents is 1. The van der Waals surface area contributed by atoms with Crippen LogP contribution in [0.3, 0.4) is 0 Å². The molecule has 0 radical (unpaired) electrons. The molecule has 0 fully saturated rings. The highest BCUT2D eigenvalue weighted by molar-refractivity contribution is 7.92. The molecule has 1 unspecified atom stereocenters. The average Bonchev–Trinajstić information content (AvgIpc) is 2.76. The third kappa shape index (κ3) is 5.15. The van der Waals surface area contributed by atoms with Crippen LogP contribution in [0.4, 0.5) is 11.4 Å². The summed E-state index contributed by atoms with van der Waals surface area (Å²) in [5.74, 6) is -1.36. The molecule has 2 amide bonds. The Morgan fingerprint density at radius 1 is 0.938 bits per heavy atom. The SMILES string of the molecule is CCC(C(=O)Nc1ccc(NC(=O)c2ccccc2)c(O)c1)S(=O)(=O)c1ccc(C)cc1. The number of carbonyl (C=O) groups is 2. The lowest BCUT2D eigenvalue weighted by Crippen LogP contribution is -2.34. The van der Waals surface area contributed by atoms with E-state index in [0.717, 1.165) is 5.56 Å². The number of aryl methyl sites for hydroxylation is 1. The van der Waals surface area contributed by atoms with Gasteiger partial charge >= 0.3 is 0 Å². The molecule has 0 aliphatic rings. The van der Waals surface area contributed by atoms with Gasteiger partial charge in [0.25, 0.3) is 5.91 Å². The summed E-state index contributed by atoms with van der Waals surface area (Å²) in [7, 11) is -3.88. The molecule has 8 heteroatoms. The first kappa shape index (κ1) is 23.0. The number of hydrogen-bond donors (Lipinski definition) is 3. The van der Waals surface area contributed by atoms with Crippen LogP contribution >= 0.6 is 0 Å². The van der Waals surface area contributed by atoms with Crippen molar-refractivity contribution in [2.75, 3.05) is 10.6 Å². The number of carbonyl (C=O) groups excluding carboxylic acids is 2. The summed E-state index contributed by atoms with van der Waals surface area (Å²) in [6, 6.07) is 19.0. The zero-order valence-electron chi connectivity index (χ0n) is 17.7. The lowest BCUT2D eigenvalue weighted by Gasteiger charge is -2.17. The Labute approximate surface area is 187 Å². The Kier molecular flexibility index (Phi) is 6.95. The second-order valence-corrected chi connectivity index (χ2v) is 9.43. The molecular weight excluding hydrogens is 428 g/mol. The lowest BCUT2D eigenvalue weighted by atomic mass is 10.2. The number of amides is 2. The van der Waals surface area contributed by atoms with Gasteiger partial charge in [-0.25, -0.2) is 8.42 Å². The molecule has 166 valence electrons. The normalized spacial score (nSPS) is 12.1. The van der Waals surface area contributed by atoms with Gasteiger partial charge in [0.1, 0.15) is 11.0 Å². The van der Waals surface area contributed by atoms with Gasteiger partial charge in [0, 0.05) is 17.3 Å². The predicted molar refractivity (Wildman–Crippen MR) is 124 cm³/mol. The van der Waals surface area contributed by atoms with Gasteiger partial charge in [-0.1, -0.05) is 42.8 Å². The molecule has 7 nitrogen and oxygen atoms in total. The summed E-state index contributed by atoms with van der Waals surface area (Å²) in [5.41, 5.74) is 1.71. The topological polar surface area (TPSA) is 113 Å². The maximum Gasteiger partial charge on any atom is 0.255 e. The van der Waals surface area contributed by atoms with Crippen molar-refractivity contribution in [2.45, 2.75) is 30.4 Å². The fraction of sp³-hybridized carbons (Fsp3) is 0.167. The minimum atomic E-state index is -3.88. The third-order valence-corrected chi connectivity index (χ3v) is 7.16. The van der Waals surface area contributed by atoms with E-state index in [-0.39, 0.29) is 28.4 Å². The van der Waals surface area contributed by atoms with Crippen molar-refractivity contribution < 1.29 is 23.1 Å². The number of anilines is 2. The van der Waals surface area contributed by atoms with Crippen molar-refractivity contribution in [2.24, 2.45) is 0 Å². The van der Waals surface area contributed by atoms with E-state index in [2.05, 4.69) is 10.6 Å². The van der Waals surface area contributed by atoms with Crippen LogP contribution in [0.5, 0.6) is 5.75 Å². The molecule has 3 N–H and O–H groups in total. The number of phenols is 1. The number of hydrogen-bond acceptors (Lipinski definition) is 5. The summed E-state index contributed by atoms with van der Waals surface area (Å²) in [6.07, 6.45) is 0.0826. The van der Waals surface area contributed by atoms with E-state index in [0.29, 0.717) is 5.56 Å². The van der Waals surface area contributed by atoms with Gasteiger partial charge in [-0.2, -0.15) is 0 Å². The number of sulfone groups is 1. The molecule has 0 aliphatic heterocycles. The Balaban J connectivity index is 1.74. The molecule has 0 bridgehead atoms. The fourth-order valence-corrected chi connectivity index (χ4v) is 4.78. The minimum absolute atomic E-state index is 0.0759.